The summed E-state index contributed by atoms with van der Waals surface area (Å²) in [4.78, 5) is 0. The highest BCUT2D eigenvalue weighted by Gasteiger charge is 2.29. The molecule has 0 N–H and O–H groups in total. The second kappa shape index (κ2) is 6.59. The topological polar surface area (TPSA) is 3.88 Å². The van der Waals surface area contributed by atoms with Crippen LogP contribution < -0.4 is 4.57 Å². The fourth-order valence-corrected chi connectivity index (χ4v) is 4.28. The van der Waals surface area contributed by atoms with Crippen molar-refractivity contribution in [3.05, 3.63) is 53.2 Å². The molecular weight excluding hydrogens is 302 g/mol. The maximum absolute atomic E-state index is 2.46. The van der Waals surface area contributed by atoms with Crippen molar-refractivity contribution in [1.82, 2.24) is 0 Å². The van der Waals surface area contributed by atoms with Crippen LogP contribution in [0.15, 0.2) is 36.5 Å². The van der Waals surface area contributed by atoms with Crippen LogP contribution in [0.4, 0.5) is 0 Å². The lowest BCUT2D eigenvalue weighted by Crippen LogP contribution is -2.33. The molecule has 0 atom stereocenters. The van der Waals surface area contributed by atoms with Gasteiger partial charge in [-0.1, -0.05) is 59.1 Å². The van der Waals surface area contributed by atoms with Crippen molar-refractivity contribution in [2.45, 2.75) is 77.6 Å². The largest absolute Gasteiger partial charge is 0.212 e. The summed E-state index contributed by atoms with van der Waals surface area (Å²) in [6, 6.07) is 11.7. The Morgan fingerprint density at radius 3 is 2.20 bits per heavy atom. The fourth-order valence-electron chi connectivity index (χ4n) is 4.28. The Balaban J connectivity index is 1.96. The first-order valence-corrected chi connectivity index (χ1v) is 9.82. The lowest BCUT2D eigenvalue weighted by atomic mass is 9.70. The number of aryl methyl sites for hydroxylation is 2. The van der Waals surface area contributed by atoms with Gasteiger partial charge in [0.15, 0.2) is 6.20 Å². The van der Waals surface area contributed by atoms with Crippen LogP contribution in [-0.2, 0) is 17.9 Å². The molecule has 25 heavy (non-hydrogen) atoms. The summed E-state index contributed by atoms with van der Waals surface area (Å²) in [5.74, 6) is 0. The number of rotatable bonds is 2. The first kappa shape index (κ1) is 18.2. The minimum atomic E-state index is 0.185. The van der Waals surface area contributed by atoms with Gasteiger partial charge < -0.3 is 0 Å². The molecule has 1 heteroatoms. The maximum Gasteiger partial charge on any atom is 0.212 e. The normalized spacial score (nSPS) is 17.5. The van der Waals surface area contributed by atoms with Crippen molar-refractivity contribution in [3.63, 3.8) is 0 Å². The van der Waals surface area contributed by atoms with Gasteiger partial charge in [0, 0.05) is 17.2 Å². The van der Waals surface area contributed by atoms with E-state index in [1.54, 1.807) is 0 Å². The van der Waals surface area contributed by atoms with E-state index in [1.807, 2.05) is 0 Å². The van der Waals surface area contributed by atoms with Gasteiger partial charge in [0.2, 0.25) is 5.69 Å². The van der Waals surface area contributed by atoms with Gasteiger partial charge in [-0.05, 0) is 53.9 Å². The van der Waals surface area contributed by atoms with Crippen molar-refractivity contribution >= 4 is 0 Å². The average molecular weight is 337 g/mol. The number of hydrogen-bond donors (Lipinski definition) is 0. The molecule has 1 aliphatic carbocycles. The van der Waals surface area contributed by atoms with E-state index in [0.717, 1.165) is 0 Å². The van der Waals surface area contributed by atoms with Gasteiger partial charge in [-0.3, -0.25) is 0 Å². The van der Waals surface area contributed by atoms with Crippen LogP contribution in [0.5, 0.6) is 0 Å². The van der Waals surface area contributed by atoms with Gasteiger partial charge in [-0.15, -0.1) is 0 Å². The molecule has 1 saturated carbocycles. The van der Waals surface area contributed by atoms with E-state index in [2.05, 4.69) is 82.8 Å². The van der Waals surface area contributed by atoms with Crippen molar-refractivity contribution in [3.8, 4) is 11.3 Å². The number of benzene rings is 1. The first-order valence-electron chi connectivity index (χ1n) is 9.82. The van der Waals surface area contributed by atoms with Crippen molar-refractivity contribution in [2.24, 2.45) is 7.05 Å². The van der Waals surface area contributed by atoms with Gasteiger partial charge in [0.25, 0.3) is 0 Å². The minimum Gasteiger partial charge on any atom is -0.201 e. The third-order valence-electron chi connectivity index (χ3n) is 6.16. The van der Waals surface area contributed by atoms with E-state index in [9.17, 15) is 0 Å². The molecule has 134 valence electrons. The minimum absolute atomic E-state index is 0.185. The maximum atomic E-state index is 2.46. The van der Waals surface area contributed by atoms with E-state index in [-0.39, 0.29) is 5.41 Å². The Morgan fingerprint density at radius 2 is 1.64 bits per heavy atom. The molecule has 0 unspecified atom stereocenters. The first-order chi connectivity index (χ1) is 11.7. The molecule has 1 heterocycles. The second-order valence-corrected chi connectivity index (χ2v) is 9.31. The van der Waals surface area contributed by atoms with Crippen LogP contribution in [0.2, 0.25) is 0 Å². The molecule has 0 bridgehead atoms. The fraction of sp³-hybridized carbons (Fsp3) is 0.542. The van der Waals surface area contributed by atoms with Gasteiger partial charge in [-0.25, -0.2) is 4.57 Å². The molecule has 1 fully saturated rings. The number of nitrogens with zero attached hydrogens (tertiary/aromatic N) is 1. The summed E-state index contributed by atoms with van der Waals surface area (Å²) in [6.45, 7) is 11.5. The monoisotopic (exact) mass is 336 g/mol. The zero-order valence-corrected chi connectivity index (χ0v) is 16.9. The molecule has 0 radical (unpaired) electrons. The number of hydrogen-bond acceptors (Lipinski definition) is 0. The molecule has 1 aromatic heterocycles. The zero-order chi connectivity index (χ0) is 18.2. The Bertz CT molecular complexity index is 758. The van der Waals surface area contributed by atoms with Gasteiger partial charge in [-0.2, -0.15) is 0 Å². The lowest BCUT2D eigenvalue weighted by Gasteiger charge is -2.34. The molecule has 0 spiro atoms. The summed E-state index contributed by atoms with van der Waals surface area (Å²) in [5, 5.41) is 0. The quantitative estimate of drug-likeness (QED) is 0.592. The third-order valence-corrected chi connectivity index (χ3v) is 6.16. The second-order valence-electron chi connectivity index (χ2n) is 9.31. The zero-order valence-electron chi connectivity index (χ0n) is 16.9. The highest BCUT2D eigenvalue weighted by atomic mass is 14.9. The average Bonchev–Trinajstić information content (AvgIpc) is 2.55. The van der Waals surface area contributed by atoms with Crippen LogP contribution in [0.1, 0.15) is 76.5 Å². The van der Waals surface area contributed by atoms with Gasteiger partial charge in [0.05, 0.1) is 0 Å². The van der Waals surface area contributed by atoms with Crippen molar-refractivity contribution in [1.29, 1.82) is 0 Å². The Kier molecular flexibility index (Phi) is 4.79. The van der Waals surface area contributed by atoms with Crippen LogP contribution in [-0.4, -0.2) is 0 Å². The van der Waals surface area contributed by atoms with E-state index < -0.39 is 0 Å². The highest BCUT2D eigenvalue weighted by molar-refractivity contribution is 5.62. The standard InChI is InChI=1S/C24H34N/c1-18-16-19(24(5)14-8-7-9-15-24)10-12-21(18)22-13-11-20(17-25(22)6)23(2,3)4/h10-13,16-17H,7-9,14-15H2,1-6H3/q+1. The van der Waals surface area contributed by atoms with Crippen molar-refractivity contribution < 1.29 is 4.57 Å². The number of pyridine rings is 1. The van der Waals surface area contributed by atoms with Crippen LogP contribution in [0, 0.1) is 6.92 Å². The summed E-state index contributed by atoms with van der Waals surface area (Å²) in [6.07, 6.45) is 9.11. The van der Waals surface area contributed by atoms with E-state index in [4.69, 9.17) is 0 Å². The van der Waals surface area contributed by atoms with E-state index >= 15 is 0 Å². The smallest absolute Gasteiger partial charge is 0.201 e. The summed E-state index contributed by atoms with van der Waals surface area (Å²) in [7, 11) is 2.17. The van der Waals surface area contributed by atoms with E-state index in [1.165, 1.54) is 60.1 Å². The molecule has 0 amide bonds. The molecule has 2 aromatic rings. The van der Waals surface area contributed by atoms with Crippen molar-refractivity contribution in [2.75, 3.05) is 0 Å². The van der Waals surface area contributed by atoms with E-state index in [0.29, 0.717) is 5.41 Å². The van der Waals surface area contributed by atoms with Crippen LogP contribution in [0.25, 0.3) is 11.3 Å². The predicted octanol–water partition coefficient (Wildman–Crippen LogP) is 6.01. The summed E-state index contributed by atoms with van der Waals surface area (Å²) < 4.78 is 2.28. The Labute approximate surface area is 154 Å². The molecular formula is C24H34N+. The highest BCUT2D eigenvalue weighted by Crippen LogP contribution is 2.40. The molecule has 1 aromatic carbocycles. The SMILES string of the molecule is Cc1cc(C2(C)CCCCC2)ccc1-c1ccc(C(C)(C)C)c[n+]1C. The molecule has 0 aliphatic heterocycles. The lowest BCUT2D eigenvalue weighted by molar-refractivity contribution is -0.661. The van der Waals surface area contributed by atoms with Gasteiger partial charge >= 0.3 is 0 Å². The molecule has 1 nitrogen and oxygen atoms in total. The third kappa shape index (κ3) is 3.66. The number of aromatic nitrogens is 1. The Hall–Kier alpha value is -1.63. The van der Waals surface area contributed by atoms with Crippen LogP contribution in [0.3, 0.4) is 0 Å². The summed E-state index contributed by atoms with van der Waals surface area (Å²) >= 11 is 0. The molecule has 0 saturated heterocycles. The predicted molar refractivity (Wildman–Crippen MR) is 107 cm³/mol. The molecule has 1 aliphatic rings. The van der Waals surface area contributed by atoms with Crippen LogP contribution >= 0.6 is 0 Å². The summed E-state index contributed by atoms with van der Waals surface area (Å²) in [5.41, 5.74) is 7.51. The molecule has 3 rings (SSSR count). The van der Waals surface area contributed by atoms with Gasteiger partial charge in [0.1, 0.15) is 7.05 Å². The Morgan fingerprint density at radius 1 is 0.960 bits per heavy atom.